The van der Waals surface area contributed by atoms with E-state index in [4.69, 9.17) is 9.47 Å². The van der Waals surface area contributed by atoms with Crippen LogP contribution in [0.4, 0.5) is 8.78 Å². The van der Waals surface area contributed by atoms with Crippen molar-refractivity contribution in [2.75, 3.05) is 0 Å². The minimum atomic E-state index is -1.33. The van der Waals surface area contributed by atoms with Gasteiger partial charge in [0, 0.05) is 13.8 Å². The summed E-state index contributed by atoms with van der Waals surface area (Å²) in [5.74, 6) is -5.17. The minimum absolute atomic E-state index is 0.155. The number of carbonyl (C=O) groups excluding carboxylic acids is 2. The van der Waals surface area contributed by atoms with Crippen LogP contribution in [0.2, 0.25) is 0 Å². The molecule has 1 heterocycles. The first kappa shape index (κ1) is 13.2. The lowest BCUT2D eigenvalue weighted by Crippen LogP contribution is -2.41. The summed E-state index contributed by atoms with van der Waals surface area (Å²) >= 11 is 0. The average molecular weight is 268 g/mol. The summed E-state index contributed by atoms with van der Waals surface area (Å²) < 4.78 is 35.5. The molecule has 0 aliphatic carbocycles. The van der Waals surface area contributed by atoms with Crippen molar-refractivity contribution in [2.24, 2.45) is 0 Å². The predicted octanol–water partition coefficient (Wildman–Crippen LogP) is 2.18. The number of cyclic esters (lactones) is 2. The van der Waals surface area contributed by atoms with E-state index < -0.39 is 29.4 Å². The molecule has 0 atom stereocenters. The van der Waals surface area contributed by atoms with Crippen molar-refractivity contribution in [3.05, 3.63) is 41.0 Å². The summed E-state index contributed by atoms with van der Waals surface area (Å²) in [6.07, 6.45) is 1.09. The fourth-order valence-electron chi connectivity index (χ4n) is 1.55. The van der Waals surface area contributed by atoms with Crippen molar-refractivity contribution in [1.29, 1.82) is 0 Å². The zero-order chi connectivity index (χ0) is 14.2. The highest BCUT2D eigenvalue weighted by atomic mass is 19.2. The van der Waals surface area contributed by atoms with Gasteiger partial charge < -0.3 is 9.47 Å². The molecule has 1 fully saturated rings. The van der Waals surface area contributed by atoms with Crippen LogP contribution in [0.3, 0.4) is 0 Å². The van der Waals surface area contributed by atoms with Gasteiger partial charge in [0.1, 0.15) is 5.57 Å². The largest absolute Gasteiger partial charge is 0.419 e. The molecule has 1 saturated heterocycles. The molecular weight excluding hydrogens is 258 g/mol. The van der Waals surface area contributed by atoms with Crippen LogP contribution in [0.25, 0.3) is 6.08 Å². The van der Waals surface area contributed by atoms with Gasteiger partial charge in [-0.2, -0.15) is 0 Å². The molecule has 1 aromatic rings. The molecule has 1 aromatic carbocycles. The summed E-state index contributed by atoms with van der Waals surface area (Å²) in [4.78, 5) is 23.2. The van der Waals surface area contributed by atoms with Crippen LogP contribution >= 0.6 is 0 Å². The van der Waals surface area contributed by atoms with Gasteiger partial charge in [-0.3, -0.25) is 0 Å². The van der Waals surface area contributed by atoms with E-state index in [1.54, 1.807) is 0 Å². The second kappa shape index (κ2) is 4.46. The first-order valence-corrected chi connectivity index (χ1v) is 5.42. The second-order valence-electron chi connectivity index (χ2n) is 4.41. The number of hydrogen-bond donors (Lipinski definition) is 0. The highest BCUT2D eigenvalue weighted by molar-refractivity contribution is 6.18. The SMILES string of the molecule is CC1(C)OC(=O)C(=Cc2ccc(F)c(F)c2)C(=O)O1. The molecule has 4 nitrogen and oxygen atoms in total. The van der Waals surface area contributed by atoms with Crippen LogP contribution in [0.1, 0.15) is 19.4 Å². The van der Waals surface area contributed by atoms with E-state index in [9.17, 15) is 18.4 Å². The Balaban J connectivity index is 2.35. The summed E-state index contributed by atoms with van der Waals surface area (Å²) in [5, 5.41) is 0. The van der Waals surface area contributed by atoms with Gasteiger partial charge in [-0.1, -0.05) is 6.07 Å². The van der Waals surface area contributed by atoms with E-state index in [1.165, 1.54) is 19.9 Å². The monoisotopic (exact) mass is 268 g/mol. The predicted molar refractivity (Wildman–Crippen MR) is 60.6 cm³/mol. The fourth-order valence-corrected chi connectivity index (χ4v) is 1.55. The topological polar surface area (TPSA) is 52.6 Å². The maximum atomic E-state index is 13.0. The Morgan fingerprint density at radius 1 is 1.05 bits per heavy atom. The Labute approximate surface area is 107 Å². The van der Waals surface area contributed by atoms with Crippen molar-refractivity contribution >= 4 is 18.0 Å². The summed E-state index contributed by atoms with van der Waals surface area (Å²) in [5.41, 5.74) is -0.215. The molecule has 6 heteroatoms. The lowest BCUT2D eigenvalue weighted by Gasteiger charge is -2.29. The van der Waals surface area contributed by atoms with E-state index in [0.717, 1.165) is 18.2 Å². The Morgan fingerprint density at radius 2 is 1.63 bits per heavy atom. The van der Waals surface area contributed by atoms with E-state index in [0.29, 0.717) is 0 Å². The maximum Gasteiger partial charge on any atom is 0.348 e. The molecule has 1 aliphatic rings. The van der Waals surface area contributed by atoms with Crippen LogP contribution in [-0.4, -0.2) is 17.7 Å². The molecule has 0 amide bonds. The zero-order valence-corrected chi connectivity index (χ0v) is 10.2. The van der Waals surface area contributed by atoms with Crippen molar-refractivity contribution < 1.29 is 27.8 Å². The molecule has 0 saturated carbocycles. The lowest BCUT2D eigenvalue weighted by atomic mass is 10.1. The molecular formula is C13H10F2O4. The molecule has 19 heavy (non-hydrogen) atoms. The van der Waals surface area contributed by atoms with Crippen LogP contribution in [0.5, 0.6) is 0 Å². The zero-order valence-electron chi connectivity index (χ0n) is 10.2. The van der Waals surface area contributed by atoms with E-state index in [1.807, 2.05) is 0 Å². The van der Waals surface area contributed by atoms with E-state index >= 15 is 0 Å². The molecule has 0 radical (unpaired) electrons. The molecule has 0 N–H and O–H groups in total. The van der Waals surface area contributed by atoms with E-state index in [2.05, 4.69) is 0 Å². The lowest BCUT2D eigenvalue weighted by molar-refractivity contribution is -0.222. The number of hydrogen-bond acceptors (Lipinski definition) is 4. The standard InChI is InChI=1S/C13H10F2O4/c1-13(2)18-11(16)8(12(17)19-13)5-7-3-4-9(14)10(15)6-7/h3-6H,1-2H3. The molecule has 100 valence electrons. The van der Waals surface area contributed by atoms with Gasteiger partial charge >= 0.3 is 11.9 Å². The third-order valence-corrected chi connectivity index (χ3v) is 2.37. The number of ether oxygens (including phenoxy) is 2. The number of carbonyl (C=O) groups is 2. The second-order valence-corrected chi connectivity index (χ2v) is 4.41. The smallest absolute Gasteiger partial charge is 0.348 e. The first-order valence-electron chi connectivity index (χ1n) is 5.42. The number of esters is 2. The minimum Gasteiger partial charge on any atom is -0.419 e. The molecule has 2 rings (SSSR count). The summed E-state index contributed by atoms with van der Waals surface area (Å²) in [6, 6.07) is 2.99. The molecule has 0 unspecified atom stereocenters. The van der Waals surface area contributed by atoms with Crippen LogP contribution in [0.15, 0.2) is 23.8 Å². The number of halogens is 2. The molecule has 0 spiro atoms. The van der Waals surface area contributed by atoms with Gasteiger partial charge in [-0.05, 0) is 23.8 Å². The maximum absolute atomic E-state index is 13.0. The highest BCUT2D eigenvalue weighted by Crippen LogP contribution is 2.24. The Bertz CT molecular complexity index is 568. The molecule has 0 bridgehead atoms. The Hall–Kier alpha value is -2.24. The Morgan fingerprint density at radius 3 is 2.16 bits per heavy atom. The third kappa shape index (κ3) is 2.78. The first-order chi connectivity index (χ1) is 8.78. The third-order valence-electron chi connectivity index (χ3n) is 2.37. The van der Waals surface area contributed by atoms with Gasteiger partial charge in [0.25, 0.3) is 5.79 Å². The van der Waals surface area contributed by atoms with Gasteiger partial charge in [-0.25, -0.2) is 18.4 Å². The number of benzene rings is 1. The summed E-state index contributed by atoms with van der Waals surface area (Å²) in [6.45, 7) is 2.83. The fraction of sp³-hybridized carbons (Fsp3) is 0.231. The van der Waals surface area contributed by atoms with Gasteiger partial charge in [-0.15, -0.1) is 0 Å². The summed E-state index contributed by atoms with van der Waals surface area (Å²) in [7, 11) is 0. The normalized spacial score (nSPS) is 17.8. The molecule has 0 aromatic heterocycles. The Kier molecular flexibility index (Phi) is 3.09. The highest BCUT2D eigenvalue weighted by Gasteiger charge is 2.38. The van der Waals surface area contributed by atoms with Crippen LogP contribution in [-0.2, 0) is 19.1 Å². The average Bonchev–Trinajstić information content (AvgIpc) is 2.27. The van der Waals surface area contributed by atoms with Gasteiger partial charge in [0.15, 0.2) is 11.6 Å². The quantitative estimate of drug-likeness (QED) is 0.445. The van der Waals surface area contributed by atoms with E-state index in [-0.39, 0.29) is 11.1 Å². The van der Waals surface area contributed by atoms with Crippen molar-refractivity contribution in [2.45, 2.75) is 19.6 Å². The number of rotatable bonds is 1. The van der Waals surface area contributed by atoms with Crippen LogP contribution in [0, 0.1) is 11.6 Å². The van der Waals surface area contributed by atoms with Crippen molar-refractivity contribution in [1.82, 2.24) is 0 Å². The van der Waals surface area contributed by atoms with Gasteiger partial charge in [0.2, 0.25) is 0 Å². The van der Waals surface area contributed by atoms with Crippen molar-refractivity contribution in [3.63, 3.8) is 0 Å². The molecule has 1 aliphatic heterocycles. The van der Waals surface area contributed by atoms with Crippen molar-refractivity contribution in [3.8, 4) is 0 Å². The van der Waals surface area contributed by atoms with Gasteiger partial charge in [0.05, 0.1) is 0 Å². The van der Waals surface area contributed by atoms with Crippen LogP contribution < -0.4 is 0 Å².